The summed E-state index contributed by atoms with van der Waals surface area (Å²) in [5, 5.41) is 3.72. The van der Waals surface area contributed by atoms with Crippen LogP contribution in [0.5, 0.6) is 11.5 Å². The molecule has 6 nitrogen and oxygen atoms in total. The van der Waals surface area contributed by atoms with Gasteiger partial charge in [-0.1, -0.05) is 23.9 Å². The third-order valence-electron chi connectivity index (χ3n) is 3.71. The SMILES string of the molecule is CC(Sc1nc2ccccc2s1)C(=O)N/N=C/c1ccc2c(c1)OCO2. The molecule has 0 saturated carbocycles. The molecular weight excluding hydrogens is 370 g/mol. The molecule has 1 unspecified atom stereocenters. The topological polar surface area (TPSA) is 72.8 Å². The van der Waals surface area contributed by atoms with Gasteiger partial charge in [0.25, 0.3) is 5.91 Å². The molecule has 26 heavy (non-hydrogen) atoms. The minimum atomic E-state index is -0.301. The number of nitrogens with one attached hydrogen (secondary N) is 1. The van der Waals surface area contributed by atoms with E-state index in [0.717, 1.165) is 20.1 Å². The van der Waals surface area contributed by atoms with E-state index in [1.807, 2.05) is 49.4 Å². The van der Waals surface area contributed by atoms with Gasteiger partial charge >= 0.3 is 0 Å². The first kappa shape index (κ1) is 16.9. The molecule has 1 aliphatic rings. The number of ether oxygens (including phenoxy) is 2. The van der Waals surface area contributed by atoms with E-state index < -0.39 is 0 Å². The first-order valence-corrected chi connectivity index (χ1v) is 9.63. The summed E-state index contributed by atoms with van der Waals surface area (Å²) in [6.07, 6.45) is 1.58. The van der Waals surface area contributed by atoms with Crippen molar-refractivity contribution in [2.24, 2.45) is 5.10 Å². The molecule has 0 bridgehead atoms. The number of carbonyl (C=O) groups is 1. The van der Waals surface area contributed by atoms with Crippen LogP contribution in [0, 0.1) is 0 Å². The van der Waals surface area contributed by atoms with Crippen molar-refractivity contribution in [3.63, 3.8) is 0 Å². The van der Waals surface area contributed by atoms with E-state index >= 15 is 0 Å². The Bertz CT molecular complexity index is 954. The lowest BCUT2D eigenvalue weighted by atomic mass is 10.2. The van der Waals surface area contributed by atoms with Gasteiger partial charge in [0, 0.05) is 0 Å². The fraction of sp³-hybridized carbons (Fsp3) is 0.167. The summed E-state index contributed by atoms with van der Waals surface area (Å²) in [5.74, 6) is 1.22. The second-order valence-electron chi connectivity index (χ2n) is 5.55. The number of aromatic nitrogens is 1. The number of hydrogen-bond acceptors (Lipinski definition) is 7. The van der Waals surface area contributed by atoms with Crippen LogP contribution in [0.25, 0.3) is 10.2 Å². The van der Waals surface area contributed by atoms with E-state index in [1.54, 1.807) is 17.6 Å². The number of hydrazone groups is 1. The Labute approximate surface area is 158 Å². The Kier molecular flexibility index (Phi) is 4.77. The summed E-state index contributed by atoms with van der Waals surface area (Å²) < 4.78 is 12.6. The molecule has 3 aromatic rings. The van der Waals surface area contributed by atoms with Gasteiger partial charge in [-0.05, 0) is 42.8 Å². The molecular formula is C18H15N3O3S2. The van der Waals surface area contributed by atoms with Crippen molar-refractivity contribution in [1.29, 1.82) is 0 Å². The van der Waals surface area contributed by atoms with Crippen LogP contribution in [-0.2, 0) is 4.79 Å². The van der Waals surface area contributed by atoms with Gasteiger partial charge in [-0.15, -0.1) is 11.3 Å². The maximum Gasteiger partial charge on any atom is 0.253 e. The molecule has 0 fully saturated rings. The van der Waals surface area contributed by atoms with E-state index in [4.69, 9.17) is 9.47 Å². The highest BCUT2D eigenvalue weighted by Crippen LogP contribution is 2.32. The second-order valence-corrected chi connectivity index (χ2v) is 8.17. The van der Waals surface area contributed by atoms with Gasteiger partial charge in [0.05, 0.1) is 21.7 Å². The summed E-state index contributed by atoms with van der Waals surface area (Å²) in [4.78, 5) is 16.8. The Morgan fingerprint density at radius 3 is 3.04 bits per heavy atom. The zero-order chi connectivity index (χ0) is 17.9. The highest BCUT2D eigenvalue weighted by molar-refractivity contribution is 8.02. The van der Waals surface area contributed by atoms with Crippen molar-refractivity contribution >= 4 is 45.4 Å². The van der Waals surface area contributed by atoms with Crippen molar-refractivity contribution < 1.29 is 14.3 Å². The molecule has 132 valence electrons. The fourth-order valence-electron chi connectivity index (χ4n) is 2.36. The highest BCUT2D eigenvalue weighted by atomic mass is 32.2. The minimum absolute atomic E-state index is 0.175. The minimum Gasteiger partial charge on any atom is -0.454 e. The van der Waals surface area contributed by atoms with Crippen molar-refractivity contribution in [2.45, 2.75) is 16.5 Å². The number of amides is 1. The number of para-hydroxylation sites is 1. The number of carbonyl (C=O) groups excluding carboxylic acids is 1. The molecule has 1 N–H and O–H groups in total. The van der Waals surface area contributed by atoms with Gasteiger partial charge in [-0.2, -0.15) is 5.10 Å². The van der Waals surface area contributed by atoms with E-state index in [1.165, 1.54) is 11.8 Å². The molecule has 2 aromatic carbocycles. The maximum atomic E-state index is 12.2. The molecule has 1 atom stereocenters. The molecule has 0 spiro atoms. The largest absolute Gasteiger partial charge is 0.454 e. The summed E-state index contributed by atoms with van der Waals surface area (Å²) in [6, 6.07) is 13.4. The number of thiazole rings is 1. The molecule has 0 radical (unpaired) electrons. The average Bonchev–Trinajstić information content (AvgIpc) is 3.26. The Morgan fingerprint density at radius 1 is 1.31 bits per heavy atom. The van der Waals surface area contributed by atoms with E-state index in [0.29, 0.717) is 11.5 Å². The molecule has 2 heterocycles. The zero-order valence-electron chi connectivity index (χ0n) is 13.8. The fourth-order valence-corrected chi connectivity index (χ4v) is 4.57. The number of hydrogen-bond donors (Lipinski definition) is 1. The smallest absolute Gasteiger partial charge is 0.253 e. The van der Waals surface area contributed by atoms with Crippen molar-refractivity contribution in [2.75, 3.05) is 6.79 Å². The summed E-state index contributed by atoms with van der Waals surface area (Å²) >= 11 is 3.01. The Hall–Kier alpha value is -2.58. The Morgan fingerprint density at radius 2 is 2.15 bits per heavy atom. The lowest BCUT2D eigenvalue weighted by Crippen LogP contribution is -2.26. The number of fused-ring (bicyclic) bond motifs is 2. The van der Waals surface area contributed by atoms with Gasteiger partial charge < -0.3 is 9.47 Å². The third-order valence-corrected chi connectivity index (χ3v) is 5.94. The van der Waals surface area contributed by atoms with E-state index in [-0.39, 0.29) is 18.0 Å². The number of nitrogens with zero attached hydrogens (tertiary/aromatic N) is 2. The van der Waals surface area contributed by atoms with Gasteiger partial charge in [-0.25, -0.2) is 10.4 Å². The molecule has 1 aromatic heterocycles. The molecule has 4 rings (SSSR count). The first-order valence-electron chi connectivity index (χ1n) is 7.94. The quantitative estimate of drug-likeness (QED) is 0.412. The summed E-state index contributed by atoms with van der Waals surface area (Å²) in [7, 11) is 0. The maximum absolute atomic E-state index is 12.2. The van der Waals surface area contributed by atoms with Crippen LogP contribution < -0.4 is 14.9 Å². The summed E-state index contributed by atoms with van der Waals surface area (Å²) in [6.45, 7) is 2.06. The van der Waals surface area contributed by atoms with Crippen LogP contribution in [0.15, 0.2) is 51.9 Å². The predicted molar refractivity (Wildman–Crippen MR) is 103 cm³/mol. The van der Waals surface area contributed by atoms with Gasteiger partial charge in [0.1, 0.15) is 0 Å². The van der Waals surface area contributed by atoms with Gasteiger partial charge in [0.15, 0.2) is 15.8 Å². The zero-order valence-corrected chi connectivity index (χ0v) is 15.5. The normalized spacial score (nSPS) is 14.0. The van der Waals surface area contributed by atoms with E-state index in [2.05, 4.69) is 15.5 Å². The third kappa shape index (κ3) is 3.66. The lowest BCUT2D eigenvalue weighted by molar-refractivity contribution is -0.120. The Balaban J connectivity index is 1.35. The lowest BCUT2D eigenvalue weighted by Gasteiger charge is -2.06. The average molecular weight is 385 g/mol. The van der Waals surface area contributed by atoms with Crippen LogP contribution >= 0.6 is 23.1 Å². The number of benzene rings is 2. The van der Waals surface area contributed by atoms with Crippen LogP contribution in [-0.4, -0.2) is 29.1 Å². The van der Waals surface area contributed by atoms with Crippen molar-refractivity contribution in [1.82, 2.24) is 10.4 Å². The van der Waals surface area contributed by atoms with Crippen LogP contribution in [0.1, 0.15) is 12.5 Å². The molecule has 1 aliphatic heterocycles. The van der Waals surface area contributed by atoms with Gasteiger partial charge in [0.2, 0.25) is 6.79 Å². The molecule has 8 heteroatoms. The van der Waals surface area contributed by atoms with Gasteiger partial charge in [-0.3, -0.25) is 4.79 Å². The highest BCUT2D eigenvalue weighted by Gasteiger charge is 2.16. The first-order chi connectivity index (χ1) is 12.7. The molecule has 0 aliphatic carbocycles. The van der Waals surface area contributed by atoms with Crippen molar-refractivity contribution in [3.05, 3.63) is 48.0 Å². The monoisotopic (exact) mass is 385 g/mol. The summed E-state index contributed by atoms with van der Waals surface area (Å²) in [5.41, 5.74) is 4.34. The predicted octanol–water partition coefficient (Wildman–Crippen LogP) is 3.66. The standard InChI is InChI=1S/C18H15N3O3S2/c1-11(25-18-20-13-4-2-3-5-16(13)26-18)17(22)21-19-9-12-6-7-14-15(8-12)24-10-23-14/h2-9,11H,10H2,1H3,(H,21,22)/b19-9+. The number of thioether (sulfide) groups is 1. The van der Waals surface area contributed by atoms with Crippen molar-refractivity contribution in [3.8, 4) is 11.5 Å². The second kappa shape index (κ2) is 7.35. The van der Waals surface area contributed by atoms with Crippen LogP contribution in [0.3, 0.4) is 0 Å². The molecule has 0 saturated heterocycles. The van der Waals surface area contributed by atoms with E-state index in [9.17, 15) is 4.79 Å². The number of rotatable bonds is 5. The molecule has 1 amide bonds. The van der Waals surface area contributed by atoms with Crippen LogP contribution in [0.2, 0.25) is 0 Å². The van der Waals surface area contributed by atoms with Crippen LogP contribution in [0.4, 0.5) is 0 Å².